The van der Waals surface area contributed by atoms with E-state index in [9.17, 15) is 9.59 Å². The zero-order valence-corrected chi connectivity index (χ0v) is 9.19. The molecule has 0 saturated heterocycles. The molecule has 2 heteroatoms. The molecule has 0 heterocycles. The monoisotopic (exact) mass is 204 g/mol. The number of benzene rings is 1. The smallest absolute Gasteiger partial charge is 0.139 e. The summed E-state index contributed by atoms with van der Waals surface area (Å²) in [5.41, 5.74) is 1.94. The molecule has 2 nitrogen and oxygen atoms in total. The summed E-state index contributed by atoms with van der Waals surface area (Å²) in [7, 11) is 0. The van der Waals surface area contributed by atoms with E-state index in [-0.39, 0.29) is 11.7 Å². The van der Waals surface area contributed by atoms with Crippen molar-refractivity contribution < 1.29 is 9.59 Å². The number of carbonyl (C=O) groups is 2. The zero-order valence-electron chi connectivity index (χ0n) is 9.19. The number of hydrogen-bond donors (Lipinski definition) is 0. The van der Waals surface area contributed by atoms with Crippen molar-refractivity contribution in [1.29, 1.82) is 0 Å². The molecular weight excluding hydrogens is 188 g/mol. The fourth-order valence-corrected chi connectivity index (χ4v) is 1.41. The molecule has 0 bridgehead atoms. The second kappa shape index (κ2) is 5.44. The van der Waals surface area contributed by atoms with Gasteiger partial charge >= 0.3 is 0 Å². The maximum atomic E-state index is 11.6. The average Bonchev–Trinajstić information content (AvgIpc) is 2.21. The third kappa shape index (κ3) is 3.31. The zero-order chi connectivity index (χ0) is 11.3. The fraction of sp³-hybridized carbons (Fsp3) is 0.385. The summed E-state index contributed by atoms with van der Waals surface area (Å²) >= 11 is 0. The van der Waals surface area contributed by atoms with Gasteiger partial charge < -0.3 is 4.79 Å². The van der Waals surface area contributed by atoms with E-state index in [1.807, 2.05) is 38.1 Å². The number of ketones is 1. The molecule has 0 amide bonds. The van der Waals surface area contributed by atoms with E-state index < -0.39 is 0 Å². The topological polar surface area (TPSA) is 34.1 Å². The predicted octanol–water partition coefficient (Wildman–Crippen LogP) is 2.20. The lowest BCUT2D eigenvalue weighted by Gasteiger charge is -2.08. The van der Waals surface area contributed by atoms with E-state index in [4.69, 9.17) is 0 Å². The van der Waals surface area contributed by atoms with Crippen LogP contribution in [-0.2, 0) is 22.4 Å². The largest absolute Gasteiger partial charge is 0.303 e. The van der Waals surface area contributed by atoms with Crippen molar-refractivity contribution in [2.24, 2.45) is 5.92 Å². The Morgan fingerprint density at radius 1 is 1.27 bits per heavy atom. The molecule has 0 unspecified atom stereocenters. The highest BCUT2D eigenvalue weighted by atomic mass is 16.1. The summed E-state index contributed by atoms with van der Waals surface area (Å²) in [4.78, 5) is 22.0. The van der Waals surface area contributed by atoms with Gasteiger partial charge in [-0.15, -0.1) is 0 Å². The Balaban J connectivity index is 2.83. The summed E-state index contributed by atoms with van der Waals surface area (Å²) < 4.78 is 0. The van der Waals surface area contributed by atoms with Crippen molar-refractivity contribution in [2.75, 3.05) is 0 Å². The highest BCUT2D eigenvalue weighted by Crippen LogP contribution is 2.12. The summed E-state index contributed by atoms with van der Waals surface area (Å²) in [6, 6.07) is 7.61. The van der Waals surface area contributed by atoms with Crippen LogP contribution in [0, 0.1) is 5.92 Å². The lowest BCUT2D eigenvalue weighted by molar-refractivity contribution is -0.121. The lowest BCUT2D eigenvalue weighted by Crippen LogP contribution is -2.11. The molecule has 1 aromatic rings. The van der Waals surface area contributed by atoms with Gasteiger partial charge in [-0.3, -0.25) is 4.79 Å². The number of carbonyl (C=O) groups excluding carboxylic acids is 2. The summed E-state index contributed by atoms with van der Waals surface area (Å²) in [5.74, 6) is 0.266. The number of aldehydes is 1. The maximum absolute atomic E-state index is 11.6. The molecule has 0 atom stereocenters. The van der Waals surface area contributed by atoms with Crippen LogP contribution in [0.5, 0.6) is 0 Å². The molecule has 0 saturated carbocycles. The SMILES string of the molecule is CC(C)C(=O)Cc1ccccc1CC=O. The van der Waals surface area contributed by atoms with Gasteiger partial charge in [-0.2, -0.15) is 0 Å². The number of rotatable bonds is 5. The van der Waals surface area contributed by atoms with Crippen LogP contribution in [-0.4, -0.2) is 12.1 Å². The standard InChI is InChI=1S/C13H16O2/c1-10(2)13(15)9-12-6-4-3-5-11(12)7-8-14/h3-6,8,10H,7,9H2,1-2H3. The van der Waals surface area contributed by atoms with E-state index in [1.165, 1.54) is 0 Å². The van der Waals surface area contributed by atoms with Gasteiger partial charge in [0.1, 0.15) is 12.1 Å². The first kappa shape index (κ1) is 11.6. The first-order chi connectivity index (χ1) is 7.15. The Bertz CT molecular complexity index is 353. The quantitative estimate of drug-likeness (QED) is 0.689. The minimum absolute atomic E-state index is 0.0503. The van der Waals surface area contributed by atoms with Gasteiger partial charge in [0.25, 0.3) is 0 Å². The Hall–Kier alpha value is -1.44. The third-order valence-corrected chi connectivity index (χ3v) is 2.43. The molecule has 80 valence electrons. The number of Topliss-reactive ketones (excluding diaryl/α,β-unsaturated/α-hetero) is 1. The molecule has 1 aromatic carbocycles. The van der Waals surface area contributed by atoms with Crippen LogP contribution in [0.3, 0.4) is 0 Å². The van der Waals surface area contributed by atoms with Gasteiger partial charge in [0, 0.05) is 18.8 Å². The van der Waals surface area contributed by atoms with Gasteiger partial charge in [-0.05, 0) is 11.1 Å². The number of hydrogen-bond acceptors (Lipinski definition) is 2. The summed E-state index contributed by atoms with van der Waals surface area (Å²) in [6.07, 6.45) is 1.70. The highest BCUT2D eigenvalue weighted by Gasteiger charge is 2.10. The normalized spacial score (nSPS) is 10.3. The summed E-state index contributed by atoms with van der Waals surface area (Å²) in [5, 5.41) is 0. The van der Waals surface area contributed by atoms with Gasteiger partial charge in [-0.25, -0.2) is 0 Å². The van der Waals surface area contributed by atoms with E-state index in [0.29, 0.717) is 12.8 Å². The molecule has 0 radical (unpaired) electrons. The van der Waals surface area contributed by atoms with Crippen LogP contribution < -0.4 is 0 Å². The summed E-state index contributed by atoms with van der Waals surface area (Å²) in [6.45, 7) is 3.79. The van der Waals surface area contributed by atoms with Gasteiger partial charge in [0.15, 0.2) is 0 Å². The first-order valence-electron chi connectivity index (χ1n) is 5.18. The van der Waals surface area contributed by atoms with Crippen LogP contribution in [0.1, 0.15) is 25.0 Å². The van der Waals surface area contributed by atoms with Gasteiger partial charge in [0.05, 0.1) is 0 Å². The van der Waals surface area contributed by atoms with Crippen LogP contribution in [0.25, 0.3) is 0 Å². The maximum Gasteiger partial charge on any atom is 0.139 e. The fourth-order valence-electron chi connectivity index (χ4n) is 1.41. The van der Waals surface area contributed by atoms with Crippen LogP contribution in [0.15, 0.2) is 24.3 Å². The lowest BCUT2D eigenvalue weighted by atomic mass is 9.96. The molecule has 0 fully saturated rings. The van der Waals surface area contributed by atoms with Crippen LogP contribution in [0.4, 0.5) is 0 Å². The molecule has 15 heavy (non-hydrogen) atoms. The average molecular weight is 204 g/mol. The predicted molar refractivity (Wildman–Crippen MR) is 59.8 cm³/mol. The van der Waals surface area contributed by atoms with Crippen LogP contribution >= 0.6 is 0 Å². The Labute approximate surface area is 90.3 Å². The van der Waals surface area contributed by atoms with Crippen molar-refractivity contribution in [3.63, 3.8) is 0 Å². The molecule has 1 rings (SSSR count). The van der Waals surface area contributed by atoms with Gasteiger partial charge in [0.2, 0.25) is 0 Å². The van der Waals surface area contributed by atoms with Crippen molar-refractivity contribution >= 4 is 12.1 Å². The van der Waals surface area contributed by atoms with Crippen molar-refractivity contribution in [3.8, 4) is 0 Å². The Kier molecular flexibility index (Phi) is 4.22. The van der Waals surface area contributed by atoms with Crippen molar-refractivity contribution in [2.45, 2.75) is 26.7 Å². The van der Waals surface area contributed by atoms with E-state index in [2.05, 4.69) is 0 Å². The molecule has 0 aliphatic heterocycles. The van der Waals surface area contributed by atoms with E-state index >= 15 is 0 Å². The Morgan fingerprint density at radius 3 is 2.40 bits per heavy atom. The highest BCUT2D eigenvalue weighted by molar-refractivity contribution is 5.83. The van der Waals surface area contributed by atoms with Crippen LogP contribution in [0.2, 0.25) is 0 Å². The first-order valence-corrected chi connectivity index (χ1v) is 5.18. The second-order valence-corrected chi connectivity index (χ2v) is 3.94. The van der Waals surface area contributed by atoms with Gasteiger partial charge in [-0.1, -0.05) is 38.1 Å². The molecule has 0 aromatic heterocycles. The molecule has 0 aliphatic rings. The minimum atomic E-state index is 0.0503. The molecule has 0 aliphatic carbocycles. The molecule has 0 N–H and O–H groups in total. The minimum Gasteiger partial charge on any atom is -0.303 e. The third-order valence-electron chi connectivity index (χ3n) is 2.43. The molecule has 0 spiro atoms. The second-order valence-electron chi connectivity index (χ2n) is 3.94. The van der Waals surface area contributed by atoms with E-state index in [1.54, 1.807) is 0 Å². The van der Waals surface area contributed by atoms with Crippen molar-refractivity contribution in [3.05, 3.63) is 35.4 Å². The molecular formula is C13H16O2. The Morgan fingerprint density at radius 2 is 1.87 bits per heavy atom. The van der Waals surface area contributed by atoms with Crippen molar-refractivity contribution in [1.82, 2.24) is 0 Å². The van der Waals surface area contributed by atoms with E-state index in [0.717, 1.165) is 17.4 Å².